The van der Waals surface area contributed by atoms with Crippen LogP contribution in [0.15, 0.2) is 18.3 Å². The smallest absolute Gasteiger partial charge is 0.325 e. The van der Waals surface area contributed by atoms with Crippen LogP contribution in [0.25, 0.3) is 0 Å². The van der Waals surface area contributed by atoms with Gasteiger partial charge in [0.15, 0.2) is 0 Å². The molecule has 18 heavy (non-hydrogen) atoms. The first kappa shape index (κ1) is 13.2. The number of nitrogens with zero attached hydrogens (tertiary/aromatic N) is 2. The maximum atomic E-state index is 11.4. The average Bonchev–Trinajstić information content (AvgIpc) is 2.40. The Kier molecular flexibility index (Phi) is 4.43. The maximum absolute atomic E-state index is 11.4. The molecule has 1 saturated heterocycles. The lowest BCUT2D eigenvalue weighted by molar-refractivity contribution is -0.143. The van der Waals surface area contributed by atoms with E-state index in [1.54, 1.807) is 25.4 Å². The van der Waals surface area contributed by atoms with Crippen LogP contribution in [-0.2, 0) is 4.79 Å². The van der Waals surface area contributed by atoms with Gasteiger partial charge in [0, 0.05) is 36.9 Å². The van der Waals surface area contributed by atoms with Crippen LogP contribution in [-0.4, -0.2) is 52.7 Å². The Hall–Kier alpha value is -1.27. The van der Waals surface area contributed by atoms with Crippen LogP contribution >= 0.6 is 11.8 Å². The van der Waals surface area contributed by atoms with E-state index in [-0.39, 0.29) is 0 Å². The van der Waals surface area contributed by atoms with Gasteiger partial charge in [0.1, 0.15) is 6.04 Å². The standard InChI is InChI=1S/C12H16N2O3S/c1-17-10-3-2-9(8-13-10)11(12(15)16)14-4-6-18-7-5-14/h2-3,8,11H,4-7H2,1H3,(H,15,16). The number of carboxylic acids is 1. The van der Waals surface area contributed by atoms with Crippen LogP contribution in [0.5, 0.6) is 5.88 Å². The Morgan fingerprint density at radius 3 is 2.72 bits per heavy atom. The minimum absolute atomic E-state index is 0.497. The Morgan fingerprint density at radius 1 is 1.50 bits per heavy atom. The SMILES string of the molecule is COc1ccc(C(C(=O)O)N2CCSCC2)cn1. The van der Waals surface area contributed by atoms with Crippen molar-refractivity contribution in [3.8, 4) is 5.88 Å². The van der Waals surface area contributed by atoms with Crippen LogP contribution in [0.4, 0.5) is 0 Å². The molecule has 0 radical (unpaired) electrons. The largest absolute Gasteiger partial charge is 0.481 e. The molecule has 1 aromatic heterocycles. The van der Waals surface area contributed by atoms with Crippen LogP contribution in [0, 0.1) is 0 Å². The van der Waals surface area contributed by atoms with Crippen LogP contribution in [0.2, 0.25) is 0 Å². The van der Waals surface area contributed by atoms with E-state index in [4.69, 9.17) is 4.74 Å². The summed E-state index contributed by atoms with van der Waals surface area (Å²) in [5.74, 6) is 1.63. The number of hydrogen-bond acceptors (Lipinski definition) is 5. The molecule has 0 saturated carbocycles. The van der Waals surface area contributed by atoms with Crippen molar-refractivity contribution in [1.29, 1.82) is 0 Å². The maximum Gasteiger partial charge on any atom is 0.325 e. The number of methoxy groups -OCH3 is 1. The normalized spacial score (nSPS) is 18.3. The van der Waals surface area contributed by atoms with E-state index in [1.165, 1.54) is 0 Å². The summed E-state index contributed by atoms with van der Waals surface area (Å²) < 4.78 is 4.98. The van der Waals surface area contributed by atoms with Crippen molar-refractivity contribution >= 4 is 17.7 Å². The third-order valence-electron chi connectivity index (χ3n) is 2.93. The second-order valence-corrected chi connectivity index (χ2v) is 5.25. The summed E-state index contributed by atoms with van der Waals surface area (Å²) in [6, 6.07) is 2.86. The molecule has 0 spiro atoms. The molecule has 1 aromatic rings. The van der Waals surface area contributed by atoms with Crippen molar-refractivity contribution in [3.63, 3.8) is 0 Å². The van der Waals surface area contributed by atoms with Crippen LogP contribution < -0.4 is 4.74 Å². The number of carbonyl (C=O) groups is 1. The van der Waals surface area contributed by atoms with Gasteiger partial charge in [-0.05, 0) is 11.6 Å². The summed E-state index contributed by atoms with van der Waals surface area (Å²) in [4.78, 5) is 17.5. The highest BCUT2D eigenvalue weighted by atomic mass is 32.2. The molecule has 0 aliphatic carbocycles. The molecule has 0 amide bonds. The number of thioether (sulfide) groups is 1. The summed E-state index contributed by atoms with van der Waals surface area (Å²) in [5.41, 5.74) is 0.704. The molecule has 5 nitrogen and oxygen atoms in total. The highest BCUT2D eigenvalue weighted by Crippen LogP contribution is 2.24. The lowest BCUT2D eigenvalue weighted by Crippen LogP contribution is -2.39. The first-order valence-corrected chi connectivity index (χ1v) is 6.92. The zero-order chi connectivity index (χ0) is 13.0. The highest BCUT2D eigenvalue weighted by molar-refractivity contribution is 7.99. The second kappa shape index (κ2) is 6.06. The van der Waals surface area contributed by atoms with E-state index >= 15 is 0 Å². The van der Waals surface area contributed by atoms with Crippen molar-refractivity contribution in [1.82, 2.24) is 9.88 Å². The molecule has 0 aromatic carbocycles. The van der Waals surface area contributed by atoms with Crippen LogP contribution in [0.1, 0.15) is 11.6 Å². The fourth-order valence-corrected chi connectivity index (χ4v) is 2.95. The molecule has 1 atom stereocenters. The van der Waals surface area contributed by atoms with Gasteiger partial charge in [0.25, 0.3) is 0 Å². The number of hydrogen-bond donors (Lipinski definition) is 1. The van der Waals surface area contributed by atoms with Gasteiger partial charge in [-0.3, -0.25) is 9.69 Å². The van der Waals surface area contributed by atoms with Gasteiger partial charge >= 0.3 is 5.97 Å². The van der Waals surface area contributed by atoms with Gasteiger partial charge in [-0.25, -0.2) is 4.98 Å². The monoisotopic (exact) mass is 268 g/mol. The molecule has 1 unspecified atom stereocenters. The zero-order valence-electron chi connectivity index (χ0n) is 10.2. The van der Waals surface area contributed by atoms with E-state index in [9.17, 15) is 9.90 Å². The molecule has 2 rings (SSSR count). The summed E-state index contributed by atoms with van der Waals surface area (Å²) in [7, 11) is 1.54. The number of ether oxygens (including phenoxy) is 1. The zero-order valence-corrected chi connectivity index (χ0v) is 11.0. The molecule has 1 fully saturated rings. The van der Waals surface area contributed by atoms with Gasteiger partial charge in [-0.1, -0.05) is 0 Å². The molecular formula is C12H16N2O3S. The first-order chi connectivity index (χ1) is 8.72. The Balaban J connectivity index is 2.20. The fourth-order valence-electron chi connectivity index (χ4n) is 2.02. The predicted molar refractivity (Wildman–Crippen MR) is 70.1 cm³/mol. The van der Waals surface area contributed by atoms with Gasteiger partial charge in [-0.15, -0.1) is 0 Å². The van der Waals surface area contributed by atoms with Crippen LogP contribution in [0.3, 0.4) is 0 Å². The average molecular weight is 268 g/mol. The van der Waals surface area contributed by atoms with Crippen molar-refractivity contribution in [2.24, 2.45) is 0 Å². The van der Waals surface area contributed by atoms with Crippen molar-refractivity contribution in [3.05, 3.63) is 23.9 Å². The van der Waals surface area contributed by atoms with E-state index in [0.717, 1.165) is 24.6 Å². The van der Waals surface area contributed by atoms with E-state index in [1.807, 2.05) is 16.7 Å². The minimum atomic E-state index is -0.825. The van der Waals surface area contributed by atoms with Gasteiger partial charge in [-0.2, -0.15) is 11.8 Å². The van der Waals surface area contributed by atoms with E-state index < -0.39 is 12.0 Å². The van der Waals surface area contributed by atoms with Gasteiger partial charge in [0.2, 0.25) is 5.88 Å². The van der Waals surface area contributed by atoms with Gasteiger partial charge < -0.3 is 9.84 Å². The number of rotatable bonds is 4. The number of pyridine rings is 1. The second-order valence-electron chi connectivity index (χ2n) is 4.02. The lowest BCUT2D eigenvalue weighted by atomic mass is 10.1. The molecule has 2 heterocycles. The summed E-state index contributed by atoms with van der Waals surface area (Å²) in [5, 5.41) is 9.40. The Bertz CT molecular complexity index is 404. The lowest BCUT2D eigenvalue weighted by Gasteiger charge is -2.31. The van der Waals surface area contributed by atoms with Gasteiger partial charge in [0.05, 0.1) is 7.11 Å². The summed E-state index contributed by atoms with van der Waals surface area (Å²) in [6.45, 7) is 1.60. The molecule has 98 valence electrons. The highest BCUT2D eigenvalue weighted by Gasteiger charge is 2.28. The molecular weight excluding hydrogens is 252 g/mol. The molecule has 1 aliphatic rings. The summed E-state index contributed by atoms with van der Waals surface area (Å²) >= 11 is 1.86. The number of aliphatic carboxylic acids is 1. The van der Waals surface area contributed by atoms with Crippen molar-refractivity contribution in [2.75, 3.05) is 31.7 Å². The molecule has 6 heteroatoms. The van der Waals surface area contributed by atoms with E-state index in [2.05, 4.69) is 4.98 Å². The molecule has 1 aliphatic heterocycles. The number of carboxylic acid groups (broad SMARTS) is 1. The van der Waals surface area contributed by atoms with E-state index in [0.29, 0.717) is 11.4 Å². The fraction of sp³-hybridized carbons (Fsp3) is 0.500. The third-order valence-corrected chi connectivity index (χ3v) is 3.87. The van der Waals surface area contributed by atoms with Crippen molar-refractivity contribution in [2.45, 2.75) is 6.04 Å². The number of aromatic nitrogens is 1. The summed E-state index contributed by atoms with van der Waals surface area (Å²) in [6.07, 6.45) is 1.58. The Morgan fingerprint density at radius 2 is 2.22 bits per heavy atom. The first-order valence-electron chi connectivity index (χ1n) is 5.77. The topological polar surface area (TPSA) is 62.7 Å². The molecule has 1 N–H and O–H groups in total. The quantitative estimate of drug-likeness (QED) is 0.887. The Labute approximate surface area is 110 Å². The van der Waals surface area contributed by atoms with Crippen molar-refractivity contribution < 1.29 is 14.6 Å². The third kappa shape index (κ3) is 2.94. The molecule has 0 bridgehead atoms. The minimum Gasteiger partial charge on any atom is -0.481 e. The predicted octanol–water partition coefficient (Wildman–Crippen LogP) is 1.26.